The first kappa shape index (κ1) is 6.99. The topological polar surface area (TPSA) is 36.1 Å². The third kappa shape index (κ3) is 1.93. The van der Waals surface area contributed by atoms with Crippen LogP contribution in [-0.2, 0) is 0 Å². The van der Waals surface area contributed by atoms with Gasteiger partial charge >= 0.3 is 0 Å². The van der Waals surface area contributed by atoms with Gasteiger partial charge in [0.05, 0.1) is 11.8 Å². The van der Waals surface area contributed by atoms with E-state index in [1.807, 2.05) is 0 Å². The molecule has 0 aromatic carbocycles. The molecule has 0 spiro atoms. The minimum Gasteiger partial charge on any atom is -0.289 e. The van der Waals surface area contributed by atoms with E-state index in [0.717, 1.165) is 6.67 Å². The number of hydrogen-bond acceptors (Lipinski definition) is 3. The van der Waals surface area contributed by atoms with E-state index in [-0.39, 0.29) is 5.66 Å². The van der Waals surface area contributed by atoms with Gasteiger partial charge in [-0.2, -0.15) is 0 Å². The standard InChI is InChI=1S/C6H15N3/c1-5-7-4-8-6(2,3)9-5/h5,7-9H,4H2,1-3H3. The zero-order valence-corrected chi connectivity index (χ0v) is 6.28. The zero-order chi connectivity index (χ0) is 6.91. The summed E-state index contributed by atoms with van der Waals surface area (Å²) in [5.41, 5.74) is 0.0880. The lowest BCUT2D eigenvalue weighted by molar-refractivity contribution is 0.198. The molecule has 3 N–H and O–H groups in total. The third-order valence-electron chi connectivity index (χ3n) is 1.52. The predicted octanol–water partition coefficient (Wildman–Crippen LogP) is -0.192. The lowest BCUT2D eigenvalue weighted by Crippen LogP contribution is -2.66. The molecular weight excluding hydrogens is 114 g/mol. The smallest absolute Gasteiger partial charge is 0.0650 e. The monoisotopic (exact) mass is 129 g/mol. The summed E-state index contributed by atoms with van der Waals surface area (Å²) >= 11 is 0. The van der Waals surface area contributed by atoms with Crippen LogP contribution in [0.4, 0.5) is 0 Å². The molecule has 1 rings (SSSR count). The first-order chi connectivity index (χ1) is 4.10. The second-order valence-electron chi connectivity index (χ2n) is 3.05. The quantitative estimate of drug-likeness (QED) is 0.424. The normalized spacial score (nSPS) is 34.3. The molecule has 0 amide bonds. The fourth-order valence-corrected chi connectivity index (χ4v) is 1.07. The molecule has 0 saturated carbocycles. The maximum Gasteiger partial charge on any atom is 0.0650 e. The van der Waals surface area contributed by atoms with Gasteiger partial charge in [-0.05, 0) is 20.8 Å². The Balaban J connectivity index is 2.41. The Morgan fingerprint density at radius 1 is 1.44 bits per heavy atom. The highest BCUT2D eigenvalue weighted by Gasteiger charge is 2.22. The maximum atomic E-state index is 3.33. The van der Waals surface area contributed by atoms with Crippen LogP contribution in [0.3, 0.4) is 0 Å². The van der Waals surface area contributed by atoms with E-state index in [0.29, 0.717) is 6.17 Å². The second kappa shape index (κ2) is 2.25. The van der Waals surface area contributed by atoms with Gasteiger partial charge in [0.2, 0.25) is 0 Å². The third-order valence-corrected chi connectivity index (χ3v) is 1.52. The molecule has 1 unspecified atom stereocenters. The molecule has 54 valence electrons. The van der Waals surface area contributed by atoms with Gasteiger partial charge in [0.25, 0.3) is 0 Å². The van der Waals surface area contributed by atoms with Gasteiger partial charge < -0.3 is 0 Å². The summed E-state index contributed by atoms with van der Waals surface area (Å²) in [7, 11) is 0. The van der Waals surface area contributed by atoms with E-state index in [2.05, 4.69) is 36.7 Å². The predicted molar refractivity (Wildman–Crippen MR) is 37.8 cm³/mol. The first-order valence-electron chi connectivity index (χ1n) is 3.36. The van der Waals surface area contributed by atoms with Crippen LogP contribution in [0.1, 0.15) is 20.8 Å². The van der Waals surface area contributed by atoms with Crippen LogP contribution in [0.5, 0.6) is 0 Å². The molecule has 3 heteroatoms. The molecule has 1 saturated heterocycles. The van der Waals surface area contributed by atoms with Gasteiger partial charge in [-0.1, -0.05) is 0 Å². The van der Waals surface area contributed by atoms with Gasteiger partial charge in [-0.3, -0.25) is 16.0 Å². The fraction of sp³-hybridized carbons (Fsp3) is 1.00. The van der Waals surface area contributed by atoms with Crippen molar-refractivity contribution in [2.45, 2.75) is 32.6 Å². The largest absolute Gasteiger partial charge is 0.289 e. The molecular formula is C6H15N3. The summed E-state index contributed by atoms with van der Waals surface area (Å²) in [6, 6.07) is 0. The number of hydrogen-bond donors (Lipinski definition) is 3. The molecule has 0 aromatic heterocycles. The van der Waals surface area contributed by atoms with Crippen LogP contribution < -0.4 is 16.0 Å². The van der Waals surface area contributed by atoms with Crippen LogP contribution in [0.2, 0.25) is 0 Å². The Morgan fingerprint density at radius 3 is 2.44 bits per heavy atom. The van der Waals surface area contributed by atoms with Gasteiger partial charge in [0.1, 0.15) is 0 Å². The minimum absolute atomic E-state index is 0.0880. The molecule has 3 nitrogen and oxygen atoms in total. The average Bonchev–Trinajstić information content (AvgIpc) is 1.60. The van der Waals surface area contributed by atoms with Crippen LogP contribution in [0.25, 0.3) is 0 Å². The molecule has 1 aliphatic heterocycles. The molecule has 1 fully saturated rings. The van der Waals surface area contributed by atoms with Gasteiger partial charge in [-0.25, -0.2) is 0 Å². The van der Waals surface area contributed by atoms with Crippen molar-refractivity contribution in [3.63, 3.8) is 0 Å². The highest BCUT2D eigenvalue weighted by atomic mass is 15.3. The van der Waals surface area contributed by atoms with E-state index in [4.69, 9.17) is 0 Å². The van der Waals surface area contributed by atoms with Crippen molar-refractivity contribution in [3.05, 3.63) is 0 Å². The fourth-order valence-electron chi connectivity index (χ4n) is 1.07. The van der Waals surface area contributed by atoms with E-state index < -0.39 is 0 Å². The van der Waals surface area contributed by atoms with Crippen molar-refractivity contribution in [2.24, 2.45) is 0 Å². The highest BCUT2D eigenvalue weighted by molar-refractivity contribution is 4.80. The van der Waals surface area contributed by atoms with Crippen LogP contribution in [0.15, 0.2) is 0 Å². The lowest BCUT2D eigenvalue weighted by atomic mass is 10.2. The van der Waals surface area contributed by atoms with Crippen molar-refractivity contribution >= 4 is 0 Å². The maximum absolute atomic E-state index is 3.33. The van der Waals surface area contributed by atoms with E-state index in [1.54, 1.807) is 0 Å². The van der Waals surface area contributed by atoms with Crippen molar-refractivity contribution in [2.75, 3.05) is 6.67 Å². The Kier molecular flexibility index (Phi) is 1.75. The van der Waals surface area contributed by atoms with Gasteiger partial charge in [-0.15, -0.1) is 0 Å². The minimum atomic E-state index is 0.0880. The summed E-state index contributed by atoms with van der Waals surface area (Å²) in [6.45, 7) is 7.26. The molecule has 0 aliphatic carbocycles. The zero-order valence-electron chi connectivity index (χ0n) is 6.28. The molecule has 1 heterocycles. The lowest BCUT2D eigenvalue weighted by Gasteiger charge is -2.37. The second-order valence-corrected chi connectivity index (χ2v) is 3.05. The van der Waals surface area contributed by atoms with Crippen LogP contribution >= 0.6 is 0 Å². The Bertz CT molecular complexity index is 100. The van der Waals surface area contributed by atoms with E-state index >= 15 is 0 Å². The SMILES string of the molecule is CC1NCNC(C)(C)N1. The van der Waals surface area contributed by atoms with Crippen molar-refractivity contribution in [1.82, 2.24) is 16.0 Å². The molecule has 1 atom stereocenters. The van der Waals surface area contributed by atoms with Crippen molar-refractivity contribution in [3.8, 4) is 0 Å². The summed E-state index contributed by atoms with van der Waals surface area (Å²) in [4.78, 5) is 0. The Labute approximate surface area is 56.2 Å². The molecule has 0 radical (unpaired) electrons. The highest BCUT2D eigenvalue weighted by Crippen LogP contribution is 1.99. The van der Waals surface area contributed by atoms with E-state index in [9.17, 15) is 0 Å². The van der Waals surface area contributed by atoms with Crippen molar-refractivity contribution in [1.29, 1.82) is 0 Å². The first-order valence-corrected chi connectivity index (χ1v) is 3.36. The van der Waals surface area contributed by atoms with Crippen molar-refractivity contribution < 1.29 is 0 Å². The summed E-state index contributed by atoms with van der Waals surface area (Å²) < 4.78 is 0. The summed E-state index contributed by atoms with van der Waals surface area (Å²) in [6.07, 6.45) is 0.418. The molecule has 9 heavy (non-hydrogen) atoms. The summed E-state index contributed by atoms with van der Waals surface area (Å²) in [5.74, 6) is 0. The summed E-state index contributed by atoms with van der Waals surface area (Å²) in [5, 5.41) is 9.82. The number of rotatable bonds is 0. The van der Waals surface area contributed by atoms with Crippen LogP contribution in [-0.4, -0.2) is 18.5 Å². The molecule has 1 aliphatic rings. The molecule has 0 bridgehead atoms. The van der Waals surface area contributed by atoms with Gasteiger partial charge in [0, 0.05) is 6.67 Å². The average molecular weight is 129 g/mol. The van der Waals surface area contributed by atoms with Crippen LogP contribution in [0, 0.1) is 0 Å². The molecule has 0 aromatic rings. The Hall–Kier alpha value is -0.120. The Morgan fingerprint density at radius 2 is 2.11 bits per heavy atom. The van der Waals surface area contributed by atoms with E-state index in [1.165, 1.54) is 0 Å². The number of nitrogens with one attached hydrogen (secondary N) is 3. The van der Waals surface area contributed by atoms with Gasteiger partial charge in [0.15, 0.2) is 0 Å².